The number of carbonyl (C=O) groups is 1. The Bertz CT molecular complexity index is 240. The minimum Gasteiger partial charge on any atom is -0.297 e. The maximum atomic E-state index is 11.5. The zero-order chi connectivity index (χ0) is 12.0. The van der Waals surface area contributed by atoms with E-state index in [0.29, 0.717) is 6.42 Å². The number of hydrogen-bond acceptors (Lipinski definition) is 2. The molecule has 16 heavy (non-hydrogen) atoms. The third-order valence-electron chi connectivity index (χ3n) is 2.89. The highest BCUT2D eigenvalue weighted by Crippen LogP contribution is 2.41. The van der Waals surface area contributed by atoms with Crippen molar-refractivity contribution in [2.75, 3.05) is 0 Å². The molecule has 2 unspecified atom stereocenters. The highest BCUT2D eigenvalue weighted by Gasteiger charge is 2.48. The second-order valence-electron chi connectivity index (χ2n) is 4.25. The van der Waals surface area contributed by atoms with Crippen LogP contribution in [0.3, 0.4) is 0 Å². The van der Waals surface area contributed by atoms with Crippen molar-refractivity contribution in [3.63, 3.8) is 0 Å². The van der Waals surface area contributed by atoms with E-state index in [9.17, 15) is 4.79 Å². The van der Waals surface area contributed by atoms with E-state index in [4.69, 9.17) is 23.2 Å². The van der Waals surface area contributed by atoms with Crippen LogP contribution in [0.1, 0.15) is 51.9 Å². The van der Waals surface area contributed by atoms with Gasteiger partial charge in [-0.3, -0.25) is 9.52 Å². The molecule has 2 atom stereocenters. The summed E-state index contributed by atoms with van der Waals surface area (Å²) >= 11 is 13.5. The van der Waals surface area contributed by atoms with E-state index < -0.39 is 4.87 Å². The van der Waals surface area contributed by atoms with Crippen molar-refractivity contribution < 1.29 is 4.79 Å². The fourth-order valence-electron chi connectivity index (χ4n) is 1.78. The lowest BCUT2D eigenvalue weighted by Crippen LogP contribution is -2.37. The molecule has 94 valence electrons. The van der Waals surface area contributed by atoms with Gasteiger partial charge in [0.05, 0.1) is 0 Å². The number of carbonyl (C=O) groups excluding carboxylic acids is 1. The molecule has 0 radical (unpaired) electrons. The van der Waals surface area contributed by atoms with Gasteiger partial charge in [-0.15, -0.1) is 23.2 Å². The third-order valence-corrected chi connectivity index (χ3v) is 5.26. The molecule has 1 amide bonds. The third kappa shape index (κ3) is 3.71. The summed E-state index contributed by atoms with van der Waals surface area (Å²) in [4.78, 5) is 10.6. The molecule has 0 aromatic rings. The Morgan fingerprint density at radius 3 is 2.50 bits per heavy atom. The lowest BCUT2D eigenvalue weighted by Gasteiger charge is -2.20. The summed E-state index contributed by atoms with van der Waals surface area (Å²) < 4.78 is 2.29. The summed E-state index contributed by atoms with van der Waals surface area (Å²) in [6.07, 6.45) is 7.83. The summed E-state index contributed by atoms with van der Waals surface area (Å²) in [5, 5.41) is 0. The van der Waals surface area contributed by atoms with Crippen LogP contribution in [-0.2, 0) is 4.79 Å². The standard InChI is InChI=1S/C11H19Cl2NOS/c1-2-3-4-5-6-7-8-11(13)9(12)16-14-10(11)15/h9H,2-8H2,1H3,(H,14,15). The van der Waals surface area contributed by atoms with Crippen molar-refractivity contribution in [1.82, 2.24) is 4.72 Å². The Morgan fingerprint density at radius 2 is 1.94 bits per heavy atom. The Kier molecular flexibility index (Phi) is 6.30. The largest absolute Gasteiger partial charge is 0.297 e. The zero-order valence-electron chi connectivity index (χ0n) is 9.60. The van der Waals surface area contributed by atoms with Gasteiger partial charge in [-0.25, -0.2) is 0 Å². The minimum absolute atomic E-state index is 0.132. The van der Waals surface area contributed by atoms with Gasteiger partial charge in [0, 0.05) is 0 Å². The van der Waals surface area contributed by atoms with Gasteiger partial charge in [-0.2, -0.15) is 0 Å². The summed E-state index contributed by atoms with van der Waals surface area (Å²) in [5.74, 6) is -0.132. The van der Waals surface area contributed by atoms with Gasteiger partial charge in [-0.05, 0) is 18.4 Å². The molecule has 1 aliphatic heterocycles. The lowest BCUT2D eigenvalue weighted by molar-refractivity contribution is -0.120. The predicted octanol–water partition coefficient (Wildman–Crippen LogP) is 4.06. The maximum Gasteiger partial charge on any atom is 0.253 e. The van der Waals surface area contributed by atoms with Gasteiger partial charge in [-0.1, -0.05) is 45.4 Å². The molecular formula is C11H19Cl2NOS. The number of amides is 1. The van der Waals surface area contributed by atoms with Gasteiger partial charge in [0.2, 0.25) is 0 Å². The van der Waals surface area contributed by atoms with E-state index in [1.807, 2.05) is 0 Å². The van der Waals surface area contributed by atoms with Crippen LogP contribution in [-0.4, -0.2) is 15.5 Å². The minimum atomic E-state index is -0.892. The molecule has 1 saturated heterocycles. The fourth-order valence-corrected chi connectivity index (χ4v) is 3.29. The van der Waals surface area contributed by atoms with Crippen molar-refractivity contribution in [3.05, 3.63) is 0 Å². The summed E-state index contributed by atoms with van der Waals surface area (Å²) in [6, 6.07) is 0. The van der Waals surface area contributed by atoms with Crippen molar-refractivity contribution in [2.24, 2.45) is 0 Å². The molecule has 1 rings (SSSR count). The van der Waals surface area contributed by atoms with E-state index in [-0.39, 0.29) is 10.6 Å². The Labute approximate surface area is 112 Å². The first-order chi connectivity index (χ1) is 7.61. The smallest absolute Gasteiger partial charge is 0.253 e. The molecule has 0 saturated carbocycles. The quantitative estimate of drug-likeness (QED) is 0.434. The highest BCUT2D eigenvalue weighted by atomic mass is 35.5. The van der Waals surface area contributed by atoms with Crippen LogP contribution in [0.4, 0.5) is 0 Å². The monoisotopic (exact) mass is 283 g/mol. The van der Waals surface area contributed by atoms with Crippen molar-refractivity contribution in [3.8, 4) is 0 Å². The molecule has 0 bridgehead atoms. The molecule has 0 spiro atoms. The summed E-state index contributed by atoms with van der Waals surface area (Å²) in [7, 11) is 0. The summed E-state index contributed by atoms with van der Waals surface area (Å²) in [6.45, 7) is 2.20. The van der Waals surface area contributed by atoms with Gasteiger partial charge < -0.3 is 0 Å². The van der Waals surface area contributed by atoms with Crippen molar-refractivity contribution in [1.29, 1.82) is 0 Å². The number of unbranched alkanes of at least 4 members (excludes halogenated alkanes) is 5. The first-order valence-electron chi connectivity index (χ1n) is 5.90. The van der Waals surface area contributed by atoms with Gasteiger partial charge in [0.25, 0.3) is 5.91 Å². The van der Waals surface area contributed by atoms with E-state index in [1.165, 1.54) is 37.6 Å². The predicted molar refractivity (Wildman–Crippen MR) is 72.0 cm³/mol. The van der Waals surface area contributed by atoms with Crippen LogP contribution >= 0.6 is 35.1 Å². The average molecular weight is 284 g/mol. The number of halogens is 2. The second-order valence-corrected chi connectivity index (χ2v) is 6.53. The Balaban J connectivity index is 2.18. The van der Waals surface area contributed by atoms with E-state index in [0.717, 1.165) is 12.8 Å². The van der Waals surface area contributed by atoms with Crippen LogP contribution in [0.15, 0.2) is 0 Å². The first kappa shape index (κ1) is 14.5. The van der Waals surface area contributed by atoms with Crippen LogP contribution in [0, 0.1) is 0 Å². The number of alkyl halides is 2. The van der Waals surface area contributed by atoms with E-state index in [1.54, 1.807) is 0 Å². The molecule has 2 nitrogen and oxygen atoms in total. The van der Waals surface area contributed by atoms with Crippen LogP contribution in [0.2, 0.25) is 0 Å². The molecule has 0 aliphatic carbocycles. The molecule has 1 heterocycles. The summed E-state index contributed by atoms with van der Waals surface area (Å²) in [5.41, 5.74) is 0. The molecule has 1 N–H and O–H groups in total. The van der Waals surface area contributed by atoms with E-state index >= 15 is 0 Å². The van der Waals surface area contributed by atoms with Gasteiger partial charge >= 0.3 is 0 Å². The lowest BCUT2D eigenvalue weighted by atomic mass is 10.0. The van der Waals surface area contributed by atoms with E-state index in [2.05, 4.69) is 11.6 Å². The normalized spacial score (nSPS) is 29.4. The van der Waals surface area contributed by atoms with Gasteiger partial charge in [0.15, 0.2) is 4.87 Å². The van der Waals surface area contributed by atoms with Crippen molar-refractivity contribution in [2.45, 2.75) is 61.5 Å². The van der Waals surface area contributed by atoms with Crippen LogP contribution in [0.5, 0.6) is 0 Å². The number of rotatable bonds is 7. The topological polar surface area (TPSA) is 29.1 Å². The Hall–Kier alpha value is 0.400. The molecular weight excluding hydrogens is 265 g/mol. The molecule has 1 aliphatic rings. The number of hydrogen-bond donors (Lipinski definition) is 1. The fraction of sp³-hybridized carbons (Fsp3) is 0.909. The van der Waals surface area contributed by atoms with Gasteiger partial charge in [0.1, 0.15) is 4.71 Å². The van der Waals surface area contributed by atoms with Crippen LogP contribution in [0.25, 0.3) is 0 Å². The molecule has 0 aromatic carbocycles. The average Bonchev–Trinajstić information content (AvgIpc) is 2.52. The number of nitrogens with one attached hydrogen (secondary N) is 1. The Morgan fingerprint density at radius 1 is 1.31 bits per heavy atom. The van der Waals surface area contributed by atoms with Crippen molar-refractivity contribution >= 4 is 41.1 Å². The molecule has 0 aromatic heterocycles. The molecule has 5 heteroatoms. The molecule has 1 fully saturated rings. The highest BCUT2D eigenvalue weighted by molar-refractivity contribution is 8.00. The zero-order valence-corrected chi connectivity index (χ0v) is 11.9. The maximum absolute atomic E-state index is 11.5. The second kappa shape index (κ2) is 6.97. The first-order valence-corrected chi connectivity index (χ1v) is 7.59. The van der Waals surface area contributed by atoms with Crippen LogP contribution < -0.4 is 4.72 Å². The SMILES string of the molecule is CCCCCCCCC1(Cl)C(=O)NSC1Cl.